The van der Waals surface area contributed by atoms with Crippen LogP contribution in [0.2, 0.25) is 0 Å². The topological polar surface area (TPSA) is 266 Å². The summed E-state index contributed by atoms with van der Waals surface area (Å²) in [5, 5.41) is 0. The Hall–Kier alpha value is -11.2. The molecule has 0 aliphatic heterocycles. The Labute approximate surface area is 616 Å². The summed E-state index contributed by atoms with van der Waals surface area (Å²) in [5.74, 6) is -0.668. The number of carbonyl (C=O) groups excluding carboxylic acids is 10. The summed E-state index contributed by atoms with van der Waals surface area (Å²) in [6, 6.07) is 43.3. The van der Waals surface area contributed by atoms with Gasteiger partial charge in [0.1, 0.15) is 47.7 Å². The second-order valence-electron chi connectivity index (χ2n) is 24.9. The van der Waals surface area contributed by atoms with Crippen molar-refractivity contribution in [1.82, 2.24) is 4.90 Å². The van der Waals surface area contributed by atoms with Gasteiger partial charge < -0.3 is 52.3 Å². The van der Waals surface area contributed by atoms with Crippen molar-refractivity contribution in [2.45, 2.75) is 156 Å². The first-order valence-corrected chi connectivity index (χ1v) is 34.7. The summed E-state index contributed by atoms with van der Waals surface area (Å²) in [4.78, 5) is 120. The van der Waals surface area contributed by atoms with E-state index in [0.717, 1.165) is 39.8 Å². The molecule has 6 rings (SSSR count). The van der Waals surface area contributed by atoms with Crippen molar-refractivity contribution in [3.63, 3.8) is 0 Å². The van der Waals surface area contributed by atoms with E-state index >= 15 is 0 Å². The lowest BCUT2D eigenvalue weighted by atomic mass is 9.73. The minimum absolute atomic E-state index is 0.0102. The Bertz CT molecular complexity index is 3870. The van der Waals surface area contributed by atoms with Crippen molar-refractivity contribution in [3.05, 3.63) is 229 Å². The first-order valence-electron chi connectivity index (χ1n) is 34.7. The van der Waals surface area contributed by atoms with Crippen LogP contribution in [0.1, 0.15) is 173 Å². The van der Waals surface area contributed by atoms with Gasteiger partial charge in [-0.3, -0.25) is 43.2 Å². The second-order valence-corrected chi connectivity index (χ2v) is 24.9. The fourth-order valence-electron chi connectivity index (χ4n) is 10.7. The fourth-order valence-corrected chi connectivity index (χ4v) is 10.7. The van der Waals surface area contributed by atoms with E-state index < -0.39 is 40.1 Å². The van der Waals surface area contributed by atoms with Crippen LogP contribution in [0.5, 0.6) is 34.5 Å². The average molecular weight is 1440 g/mol. The molecule has 0 aromatic heterocycles. The zero-order chi connectivity index (χ0) is 77.5. The van der Waals surface area contributed by atoms with Crippen molar-refractivity contribution in [2.24, 2.45) is 0 Å². The van der Waals surface area contributed by atoms with E-state index in [4.69, 9.17) is 47.4 Å². The molecule has 3 atom stereocenters. The predicted octanol–water partition coefficient (Wildman–Crippen LogP) is 15.4. The molecule has 1 amide bonds. The van der Waals surface area contributed by atoms with Crippen molar-refractivity contribution < 1.29 is 95.3 Å². The predicted molar refractivity (Wildman–Crippen MR) is 397 cm³/mol. The molecule has 0 saturated carbocycles. The van der Waals surface area contributed by atoms with Crippen molar-refractivity contribution >= 4 is 59.6 Å². The Morgan fingerprint density at radius 3 is 0.895 bits per heavy atom. The maximum absolute atomic E-state index is 12.9. The molecule has 3 unspecified atom stereocenters. The molecule has 21 heteroatoms. The third-order valence-corrected chi connectivity index (χ3v) is 16.8. The highest BCUT2D eigenvalue weighted by Gasteiger charge is 2.34. The Kier molecular flexibility index (Phi) is 36.4. The van der Waals surface area contributed by atoms with E-state index in [1.165, 1.54) is 34.0 Å². The van der Waals surface area contributed by atoms with Gasteiger partial charge in [0.25, 0.3) is 0 Å². The summed E-state index contributed by atoms with van der Waals surface area (Å²) in [6.07, 6.45) is 9.21. The first kappa shape index (κ1) is 86.2. The monoisotopic (exact) mass is 1440 g/mol. The molecule has 0 aliphatic carbocycles. The number of nitrogens with zero attached hydrogens (tertiary/aromatic N) is 1. The number of ether oxygens (including phenoxy) is 10. The lowest BCUT2D eigenvalue weighted by molar-refractivity contribution is -0.150. The van der Waals surface area contributed by atoms with Crippen LogP contribution >= 0.6 is 0 Å². The third-order valence-electron chi connectivity index (χ3n) is 16.8. The van der Waals surface area contributed by atoms with Gasteiger partial charge in [-0.15, -0.1) is 13.2 Å². The maximum Gasteiger partial charge on any atom is 0.333 e. The van der Waals surface area contributed by atoms with E-state index in [1.54, 1.807) is 111 Å². The lowest BCUT2D eigenvalue weighted by Gasteiger charge is -2.32. The van der Waals surface area contributed by atoms with Gasteiger partial charge in [-0.05, 0) is 145 Å². The molecule has 105 heavy (non-hydrogen) atoms. The summed E-state index contributed by atoms with van der Waals surface area (Å²) >= 11 is 0. The number of esters is 9. The summed E-state index contributed by atoms with van der Waals surface area (Å²) in [7, 11) is 0. The van der Waals surface area contributed by atoms with Gasteiger partial charge in [-0.1, -0.05) is 140 Å². The average Bonchev–Trinajstić information content (AvgIpc) is 0.802. The summed E-state index contributed by atoms with van der Waals surface area (Å²) < 4.78 is 51.9. The van der Waals surface area contributed by atoms with Crippen molar-refractivity contribution in [2.75, 3.05) is 39.5 Å². The molecule has 0 radical (unpaired) electrons. The van der Waals surface area contributed by atoms with Gasteiger partial charge in [0.15, 0.2) is 0 Å². The van der Waals surface area contributed by atoms with Crippen LogP contribution in [-0.4, -0.2) is 104 Å². The van der Waals surface area contributed by atoms with Crippen LogP contribution in [0.15, 0.2) is 196 Å². The molecule has 21 nitrogen and oxygen atoms in total. The molecule has 560 valence electrons. The zero-order valence-electron chi connectivity index (χ0n) is 62.0. The van der Waals surface area contributed by atoms with Crippen LogP contribution in [0.3, 0.4) is 0 Å². The Morgan fingerprint density at radius 1 is 0.362 bits per heavy atom. The van der Waals surface area contributed by atoms with Crippen LogP contribution in [0, 0.1) is 0 Å². The van der Waals surface area contributed by atoms with Gasteiger partial charge in [0, 0.05) is 94.2 Å². The van der Waals surface area contributed by atoms with Crippen LogP contribution in [-0.2, 0) is 83.1 Å². The lowest BCUT2D eigenvalue weighted by Crippen LogP contribution is -2.33. The first-order chi connectivity index (χ1) is 50.0. The van der Waals surface area contributed by atoms with Gasteiger partial charge in [-0.2, -0.15) is 0 Å². The highest BCUT2D eigenvalue weighted by Crippen LogP contribution is 2.41. The van der Waals surface area contributed by atoms with Crippen molar-refractivity contribution in [1.29, 1.82) is 0 Å². The largest absolute Gasteiger partial charge is 0.502 e. The molecular formula is C84H99NO20. The second kappa shape index (κ2) is 44.3. The van der Waals surface area contributed by atoms with E-state index in [9.17, 15) is 47.9 Å². The van der Waals surface area contributed by atoms with Gasteiger partial charge in [0.05, 0.1) is 19.5 Å². The minimum Gasteiger partial charge on any atom is -0.502 e. The van der Waals surface area contributed by atoms with Gasteiger partial charge >= 0.3 is 53.7 Å². The molecule has 0 N–H and O–H groups in total. The molecule has 0 fully saturated rings. The number of carbonyl (C=O) groups is 10. The molecular weight excluding hydrogens is 1340 g/mol. The van der Waals surface area contributed by atoms with Crippen LogP contribution in [0.4, 0.5) is 0 Å². The molecule has 0 bridgehead atoms. The van der Waals surface area contributed by atoms with Gasteiger partial charge in [0.2, 0.25) is 5.91 Å². The number of hydrogen-bond donors (Lipinski definition) is 0. The smallest absolute Gasteiger partial charge is 0.333 e. The van der Waals surface area contributed by atoms with E-state index in [2.05, 4.69) is 33.2 Å². The van der Waals surface area contributed by atoms with Crippen LogP contribution < -0.4 is 28.4 Å². The van der Waals surface area contributed by atoms with E-state index in [-0.39, 0.29) is 80.2 Å². The normalized spacial score (nSPS) is 12.2. The van der Waals surface area contributed by atoms with E-state index in [0.29, 0.717) is 99.3 Å². The standard InChI is InChI=1S/C28H33NO5.C28H32O8.C28H34O7/c1-6-19-29(20-7-2)26(31)17-18-28(5,22-9-13-24(14-10-22)33-21(4)30)23-11-15-25(16-12-23)34-27(32)8-3;1-6-25(30)36-24-13-9-22(10-14-24)28(5,21-7-11-23(12-8-21)35-20(4)29)16-15-26(31)33-17-18-34-27(32)19(2)3;1-5-26(30)35-25-15-11-23(12-16-25)28(4,22-9-13-24(14-10-22)34-21(3)29)18-17-27(31)33-20-8-7-19-32-6-2/h6-7,9-16H,1-2,8,17-20H2,3-5H3;7-14H,2,6,15-18H2,1,3-5H3;6,9-16H,2,5,7-8,17-20H2,1,3-4H3. The quantitative estimate of drug-likeness (QED) is 0.00663. The number of rotatable bonds is 38. The van der Waals surface area contributed by atoms with Gasteiger partial charge in [-0.25, -0.2) is 4.79 Å². The zero-order valence-corrected chi connectivity index (χ0v) is 62.0. The highest BCUT2D eigenvalue weighted by molar-refractivity contribution is 5.87. The molecule has 0 saturated heterocycles. The Morgan fingerprint density at radius 2 is 0.629 bits per heavy atom. The highest BCUT2D eigenvalue weighted by atomic mass is 16.6. The van der Waals surface area contributed by atoms with Crippen LogP contribution in [0.25, 0.3) is 0 Å². The fraction of sp³-hybridized carbons (Fsp3) is 0.357. The Balaban J connectivity index is 0.000000333. The number of amides is 1. The molecule has 6 aromatic carbocycles. The van der Waals surface area contributed by atoms with E-state index in [1.807, 2.05) is 86.6 Å². The number of unbranched alkanes of at least 4 members (excludes halogenated alkanes) is 1. The number of hydrogen-bond acceptors (Lipinski definition) is 20. The van der Waals surface area contributed by atoms with Crippen molar-refractivity contribution in [3.8, 4) is 34.5 Å². The molecule has 0 heterocycles. The maximum atomic E-state index is 12.9. The molecule has 0 aliphatic rings. The SMILES string of the molecule is C=C(C)C(=O)OCCOC(=O)CCC(C)(c1ccc(OC(C)=O)cc1)c1ccc(OC(=O)CC)cc1.C=CCN(CC=C)C(=O)CCC(C)(c1ccc(OC(C)=O)cc1)c1ccc(OC(=O)CC)cc1.C=COCCCCOC(=O)CCC(C)(c1ccc(OC(C)=O)cc1)c1ccc(OC(=O)CC)cc1. The minimum atomic E-state index is -0.618. The molecule has 6 aromatic rings. The molecule has 0 spiro atoms. The number of benzene rings is 6. The summed E-state index contributed by atoms with van der Waals surface area (Å²) in [6.45, 7) is 33.0. The summed E-state index contributed by atoms with van der Waals surface area (Å²) in [5.41, 5.74) is 4.20. The third kappa shape index (κ3) is 29.2.